The number of aliphatic imine (C=N–C) groups is 2. The maximum absolute atomic E-state index is 5.56. The fourth-order valence-corrected chi connectivity index (χ4v) is 19.4. The molecule has 4 heterocycles. The predicted molar refractivity (Wildman–Crippen MR) is 482 cm³/mol. The van der Waals surface area contributed by atoms with E-state index in [2.05, 4.69) is 394 Å². The van der Waals surface area contributed by atoms with E-state index in [0.29, 0.717) is 23.3 Å². The maximum atomic E-state index is 5.56. The van der Waals surface area contributed by atoms with Crippen molar-refractivity contribution in [1.29, 1.82) is 0 Å². The summed E-state index contributed by atoms with van der Waals surface area (Å²) in [6.07, 6.45) is -0.423. The molecule has 0 spiro atoms. The molecule has 0 aliphatic carbocycles. The molecular formula is C106H66N6S2. The van der Waals surface area contributed by atoms with Crippen molar-refractivity contribution in [3.8, 4) is 112 Å². The molecule has 22 rings (SSSR count). The fraction of sp³-hybridized carbons (Fsp3) is 0.00943. The summed E-state index contributed by atoms with van der Waals surface area (Å²) in [6.45, 7) is 0. The van der Waals surface area contributed by atoms with Gasteiger partial charge in [0.05, 0.1) is 0 Å². The van der Waals surface area contributed by atoms with E-state index in [0.717, 1.165) is 121 Å². The molecule has 8 heteroatoms. The first kappa shape index (κ1) is 66.6. The average Bonchev–Trinajstić information content (AvgIpc) is 1.34. The SMILES string of the molecule is c1ccc(-c2ccc3ccc(-c4ccc(C5N=C(c6cccc7c6sc6ccc(-c8ccc9c(c8)c(-c8ccc(-c%10ccc(-c%11nc(-c%12ccccc%12-c%12ccccc%12)nc(-c%12cccc%13c%12sc%12ccccc%12%13)n%11)c%11ccccc%10%11)cc8)cc8ccccc89)cc67)N=C(c6ccccc6-c6ccccc6)N5)cc4)cc3c2)cc1. The number of thiophene rings is 2. The third-order valence-electron chi connectivity index (χ3n) is 22.7. The smallest absolute Gasteiger partial charge is 0.165 e. The minimum atomic E-state index is -0.423. The highest BCUT2D eigenvalue weighted by Gasteiger charge is 2.27. The number of aromatic nitrogens is 3. The first-order chi connectivity index (χ1) is 56.5. The quantitative estimate of drug-likeness (QED) is 0.117. The molecule has 0 radical (unpaired) electrons. The number of amidine groups is 2. The standard InChI is InChI=1S/C106H66N6S2/c1-4-22-65(23-5-1)73-52-44-67-45-53-74(61-78(67)60-73)66-42-50-72(51-43-66)101-107-102(89-35-16-12-29-79(89)68-24-6-2-7-25-68)110-105(108-101)93-40-21-38-88-96-63-76(55-59-98(96)114-100(88)93)75-54-56-85-81-31-11-10-28-77(81)64-94(95(85)62-75)71-48-46-70(47-49-71)82-57-58-91(84-33-15-14-32-83(82)84)104-109-103(90-36-17-13-30-80(90)69-26-8-3-9-27-69)111-106(112-104)92-39-20-37-87-86-34-18-19-41-97(86)113-99(87)92/h1-64,101H,(H,107,108,110). The molecule has 0 saturated heterocycles. The van der Waals surface area contributed by atoms with Crippen molar-refractivity contribution in [2.24, 2.45) is 9.98 Å². The summed E-state index contributed by atoms with van der Waals surface area (Å²) in [5.41, 5.74) is 21.9. The Hall–Kier alpha value is -14.4. The largest absolute Gasteiger partial charge is 0.344 e. The Morgan fingerprint density at radius 1 is 0.219 bits per heavy atom. The highest BCUT2D eigenvalue weighted by molar-refractivity contribution is 7.26. The molecule has 1 aliphatic heterocycles. The van der Waals surface area contributed by atoms with Crippen molar-refractivity contribution in [2.75, 3.05) is 0 Å². The van der Waals surface area contributed by atoms with Crippen LogP contribution in [0.2, 0.25) is 0 Å². The van der Waals surface area contributed by atoms with E-state index in [9.17, 15) is 0 Å². The summed E-state index contributed by atoms with van der Waals surface area (Å²) < 4.78 is 4.73. The Labute approximate surface area is 666 Å². The minimum absolute atomic E-state index is 0.423. The second-order valence-corrected chi connectivity index (χ2v) is 31.4. The van der Waals surface area contributed by atoms with Gasteiger partial charge in [0.2, 0.25) is 0 Å². The zero-order valence-corrected chi connectivity index (χ0v) is 63.2. The van der Waals surface area contributed by atoms with Gasteiger partial charge < -0.3 is 5.32 Å². The molecule has 0 bridgehead atoms. The molecule has 6 nitrogen and oxygen atoms in total. The lowest BCUT2D eigenvalue weighted by Gasteiger charge is -2.25. The molecule has 21 aromatic rings. The van der Waals surface area contributed by atoms with Crippen LogP contribution >= 0.6 is 22.7 Å². The topological polar surface area (TPSA) is 75.4 Å². The molecule has 532 valence electrons. The van der Waals surface area contributed by atoms with Gasteiger partial charge in [0.1, 0.15) is 12.0 Å². The Morgan fingerprint density at radius 3 is 1.35 bits per heavy atom. The van der Waals surface area contributed by atoms with E-state index in [1.807, 2.05) is 0 Å². The number of hydrogen-bond acceptors (Lipinski definition) is 8. The fourth-order valence-electron chi connectivity index (χ4n) is 17.0. The first-order valence-electron chi connectivity index (χ1n) is 38.6. The Bertz CT molecular complexity index is 7490. The second-order valence-electron chi connectivity index (χ2n) is 29.3. The van der Waals surface area contributed by atoms with Crippen LogP contribution < -0.4 is 5.32 Å². The monoisotopic (exact) mass is 1490 g/mol. The molecular weight excluding hydrogens is 1420 g/mol. The van der Waals surface area contributed by atoms with Crippen molar-refractivity contribution < 1.29 is 0 Å². The molecule has 1 N–H and O–H groups in total. The van der Waals surface area contributed by atoms with Gasteiger partial charge >= 0.3 is 0 Å². The summed E-state index contributed by atoms with van der Waals surface area (Å²) in [7, 11) is 0. The number of benzene rings is 18. The van der Waals surface area contributed by atoms with Crippen LogP contribution in [0.25, 0.3) is 195 Å². The summed E-state index contributed by atoms with van der Waals surface area (Å²) in [4.78, 5) is 27.4. The first-order valence-corrected chi connectivity index (χ1v) is 40.2. The normalized spacial score (nSPS) is 13.0. The van der Waals surface area contributed by atoms with Crippen molar-refractivity contribution in [2.45, 2.75) is 6.17 Å². The predicted octanol–water partition coefficient (Wildman–Crippen LogP) is 28.4. The van der Waals surface area contributed by atoms with Crippen LogP contribution in [-0.2, 0) is 0 Å². The van der Waals surface area contributed by atoms with Gasteiger partial charge in [-0.2, -0.15) is 0 Å². The van der Waals surface area contributed by atoms with Crippen molar-refractivity contribution in [3.05, 3.63) is 405 Å². The molecule has 114 heavy (non-hydrogen) atoms. The Morgan fingerprint density at radius 2 is 0.658 bits per heavy atom. The van der Waals surface area contributed by atoms with Crippen LogP contribution in [0, 0.1) is 0 Å². The van der Waals surface area contributed by atoms with Crippen LogP contribution in [0.3, 0.4) is 0 Å². The third-order valence-corrected chi connectivity index (χ3v) is 25.1. The van der Waals surface area contributed by atoms with E-state index in [1.165, 1.54) is 80.0 Å². The molecule has 1 unspecified atom stereocenters. The maximum Gasteiger partial charge on any atom is 0.165 e. The van der Waals surface area contributed by atoms with Gasteiger partial charge in [-0.1, -0.05) is 328 Å². The molecule has 0 fully saturated rings. The highest BCUT2D eigenvalue weighted by atomic mass is 32.1. The summed E-state index contributed by atoms with van der Waals surface area (Å²) >= 11 is 3.59. The Kier molecular flexibility index (Phi) is 16.3. The van der Waals surface area contributed by atoms with Crippen molar-refractivity contribution in [1.82, 2.24) is 20.3 Å². The summed E-state index contributed by atoms with van der Waals surface area (Å²) in [5, 5.41) is 18.1. The van der Waals surface area contributed by atoms with Crippen molar-refractivity contribution >= 4 is 118 Å². The van der Waals surface area contributed by atoms with E-state index < -0.39 is 6.17 Å². The van der Waals surface area contributed by atoms with Gasteiger partial charge in [0, 0.05) is 68.2 Å². The Balaban J connectivity index is 0.611. The van der Waals surface area contributed by atoms with Crippen LogP contribution in [0.15, 0.2) is 398 Å². The molecule has 0 amide bonds. The van der Waals surface area contributed by atoms with E-state index in [4.69, 9.17) is 24.9 Å². The lowest BCUT2D eigenvalue weighted by Crippen LogP contribution is -2.34. The average molecular weight is 1490 g/mol. The van der Waals surface area contributed by atoms with Gasteiger partial charge in [0.15, 0.2) is 23.3 Å². The van der Waals surface area contributed by atoms with Crippen LogP contribution in [0.4, 0.5) is 0 Å². The zero-order chi connectivity index (χ0) is 75.2. The van der Waals surface area contributed by atoms with Gasteiger partial charge in [-0.15, -0.1) is 22.7 Å². The van der Waals surface area contributed by atoms with Crippen LogP contribution in [-0.4, -0.2) is 26.6 Å². The molecule has 3 aromatic heterocycles. The van der Waals surface area contributed by atoms with Crippen LogP contribution in [0.1, 0.15) is 22.9 Å². The number of hydrogen-bond donors (Lipinski definition) is 1. The van der Waals surface area contributed by atoms with Crippen LogP contribution in [0.5, 0.6) is 0 Å². The van der Waals surface area contributed by atoms with Gasteiger partial charge in [-0.25, -0.2) is 24.9 Å². The zero-order valence-electron chi connectivity index (χ0n) is 61.6. The minimum Gasteiger partial charge on any atom is -0.344 e. The highest BCUT2D eigenvalue weighted by Crippen LogP contribution is 2.46. The number of rotatable bonds is 13. The number of fused-ring (bicyclic) bond motifs is 11. The van der Waals surface area contributed by atoms with Crippen molar-refractivity contribution in [3.63, 3.8) is 0 Å². The number of nitrogens with one attached hydrogen (secondary N) is 1. The molecule has 1 atom stereocenters. The molecule has 0 saturated carbocycles. The molecule has 18 aromatic carbocycles. The lowest BCUT2D eigenvalue weighted by molar-refractivity contribution is 0.674. The van der Waals surface area contributed by atoms with Gasteiger partial charge in [-0.05, 0) is 187 Å². The summed E-state index contributed by atoms with van der Waals surface area (Å²) in [5.74, 6) is 3.34. The van der Waals surface area contributed by atoms with E-state index in [1.54, 1.807) is 22.7 Å². The lowest BCUT2D eigenvalue weighted by atomic mass is 9.89. The van der Waals surface area contributed by atoms with Gasteiger partial charge in [0.25, 0.3) is 0 Å². The third kappa shape index (κ3) is 11.8. The second kappa shape index (κ2) is 27.9. The molecule has 1 aliphatic rings. The van der Waals surface area contributed by atoms with E-state index >= 15 is 0 Å². The summed E-state index contributed by atoms with van der Waals surface area (Å²) in [6, 6.07) is 140. The van der Waals surface area contributed by atoms with E-state index in [-0.39, 0.29) is 0 Å². The van der Waals surface area contributed by atoms with Gasteiger partial charge in [-0.3, -0.25) is 0 Å². The number of nitrogens with zero attached hydrogens (tertiary/aromatic N) is 5.